The van der Waals surface area contributed by atoms with Crippen LogP contribution >= 0.6 is 23.2 Å². The Morgan fingerprint density at radius 1 is 1.31 bits per heavy atom. The maximum Gasteiger partial charge on any atom is 0.0846 e. The van der Waals surface area contributed by atoms with Crippen LogP contribution in [0.4, 0.5) is 0 Å². The summed E-state index contributed by atoms with van der Waals surface area (Å²) in [6.07, 6.45) is 4.49. The number of nitrogens with two attached hydrogens (primary N) is 1. The van der Waals surface area contributed by atoms with Crippen LogP contribution in [0.25, 0.3) is 5.69 Å². The van der Waals surface area contributed by atoms with Crippen molar-refractivity contribution in [1.29, 1.82) is 0 Å². The van der Waals surface area contributed by atoms with Crippen LogP contribution in [0.15, 0.2) is 30.6 Å². The quantitative estimate of drug-likeness (QED) is 0.917. The molecule has 2 rings (SSSR count). The molecule has 0 aliphatic heterocycles. The van der Waals surface area contributed by atoms with Crippen molar-refractivity contribution in [3.05, 3.63) is 46.2 Å². The van der Waals surface area contributed by atoms with Gasteiger partial charge in [0.2, 0.25) is 0 Å². The molecule has 0 saturated carbocycles. The van der Waals surface area contributed by atoms with Crippen molar-refractivity contribution in [3.63, 3.8) is 0 Å². The lowest BCUT2D eigenvalue weighted by Gasteiger charge is -2.04. The van der Waals surface area contributed by atoms with Crippen LogP contribution in [0.2, 0.25) is 10.0 Å². The van der Waals surface area contributed by atoms with E-state index < -0.39 is 0 Å². The summed E-state index contributed by atoms with van der Waals surface area (Å²) in [6.45, 7) is 0.606. The second-order valence-electron chi connectivity index (χ2n) is 3.43. The van der Waals surface area contributed by atoms with Gasteiger partial charge < -0.3 is 5.73 Å². The molecule has 5 heteroatoms. The molecular formula is C11H11Cl2N3. The van der Waals surface area contributed by atoms with Gasteiger partial charge in [-0.25, -0.2) is 4.68 Å². The van der Waals surface area contributed by atoms with Gasteiger partial charge in [0.15, 0.2) is 0 Å². The monoisotopic (exact) mass is 255 g/mol. The topological polar surface area (TPSA) is 43.8 Å². The second kappa shape index (κ2) is 4.87. The molecule has 3 nitrogen and oxygen atoms in total. The molecule has 84 valence electrons. The van der Waals surface area contributed by atoms with Crippen LogP contribution in [0.5, 0.6) is 0 Å². The molecule has 0 amide bonds. The third-order valence-corrected chi connectivity index (χ3v) is 2.78. The minimum Gasteiger partial charge on any atom is -0.330 e. The second-order valence-corrected chi connectivity index (χ2v) is 4.27. The fraction of sp³-hybridized carbons (Fsp3) is 0.182. The zero-order chi connectivity index (χ0) is 11.5. The number of halogens is 2. The Kier molecular flexibility index (Phi) is 3.49. The van der Waals surface area contributed by atoms with Crippen LogP contribution in [-0.2, 0) is 6.42 Å². The molecule has 0 unspecified atom stereocenters. The molecule has 1 aromatic carbocycles. The third-order valence-electron chi connectivity index (χ3n) is 2.22. The Balaban J connectivity index is 2.38. The Morgan fingerprint density at radius 2 is 2.12 bits per heavy atom. The van der Waals surface area contributed by atoms with Gasteiger partial charge in [0.25, 0.3) is 0 Å². The maximum atomic E-state index is 6.07. The van der Waals surface area contributed by atoms with E-state index in [1.165, 1.54) is 0 Å². The number of nitrogens with zero attached hydrogens (tertiary/aromatic N) is 2. The van der Waals surface area contributed by atoms with E-state index >= 15 is 0 Å². The van der Waals surface area contributed by atoms with Crippen LogP contribution in [0, 0.1) is 0 Å². The van der Waals surface area contributed by atoms with Gasteiger partial charge in [0, 0.05) is 11.2 Å². The molecule has 2 aromatic rings. The Morgan fingerprint density at radius 3 is 2.88 bits per heavy atom. The summed E-state index contributed by atoms with van der Waals surface area (Å²) in [5.74, 6) is 0. The van der Waals surface area contributed by atoms with Gasteiger partial charge >= 0.3 is 0 Å². The van der Waals surface area contributed by atoms with Gasteiger partial charge in [0.05, 0.1) is 16.9 Å². The lowest BCUT2D eigenvalue weighted by molar-refractivity contribution is 0.879. The van der Waals surface area contributed by atoms with Gasteiger partial charge in [-0.2, -0.15) is 5.10 Å². The van der Waals surface area contributed by atoms with Crippen molar-refractivity contribution < 1.29 is 0 Å². The van der Waals surface area contributed by atoms with E-state index in [2.05, 4.69) is 5.10 Å². The molecule has 1 heterocycles. The number of rotatable bonds is 3. The fourth-order valence-electron chi connectivity index (χ4n) is 1.45. The van der Waals surface area contributed by atoms with Gasteiger partial charge in [-0.3, -0.25) is 0 Å². The van der Waals surface area contributed by atoms with Crippen molar-refractivity contribution in [2.45, 2.75) is 6.42 Å². The van der Waals surface area contributed by atoms with E-state index in [9.17, 15) is 0 Å². The molecule has 1 aromatic heterocycles. The Hall–Kier alpha value is -1.03. The third kappa shape index (κ3) is 2.38. The summed E-state index contributed by atoms with van der Waals surface area (Å²) >= 11 is 12.0. The predicted octanol–water partition coefficient (Wildman–Crippen LogP) is 2.68. The average molecular weight is 256 g/mol. The summed E-state index contributed by atoms with van der Waals surface area (Å²) < 4.78 is 1.71. The maximum absolute atomic E-state index is 6.07. The first-order chi connectivity index (χ1) is 7.70. The van der Waals surface area contributed by atoms with Crippen molar-refractivity contribution in [2.75, 3.05) is 6.54 Å². The number of benzene rings is 1. The van der Waals surface area contributed by atoms with Gasteiger partial charge in [-0.15, -0.1) is 0 Å². The molecule has 0 aliphatic carbocycles. The van der Waals surface area contributed by atoms with E-state index in [4.69, 9.17) is 28.9 Å². The van der Waals surface area contributed by atoms with Crippen LogP contribution in [0.1, 0.15) is 5.56 Å². The Bertz CT molecular complexity index is 494. The van der Waals surface area contributed by atoms with Gasteiger partial charge in [0.1, 0.15) is 0 Å². The van der Waals surface area contributed by atoms with Gasteiger partial charge in [-0.1, -0.05) is 23.2 Å². The molecule has 16 heavy (non-hydrogen) atoms. The van der Waals surface area contributed by atoms with Crippen LogP contribution < -0.4 is 5.73 Å². The average Bonchev–Trinajstić information content (AvgIpc) is 2.71. The normalized spacial score (nSPS) is 10.7. The molecule has 0 saturated heterocycles. The molecule has 0 fully saturated rings. The minimum absolute atomic E-state index is 0.606. The first kappa shape index (κ1) is 11.5. The predicted molar refractivity (Wildman–Crippen MR) is 66.3 cm³/mol. The summed E-state index contributed by atoms with van der Waals surface area (Å²) in [5.41, 5.74) is 7.34. The van der Waals surface area contributed by atoms with Crippen LogP contribution in [0.3, 0.4) is 0 Å². The number of hydrogen-bond acceptors (Lipinski definition) is 2. The highest BCUT2D eigenvalue weighted by Gasteiger charge is 2.05. The van der Waals surface area contributed by atoms with Crippen molar-refractivity contribution in [2.24, 2.45) is 5.73 Å². The molecular weight excluding hydrogens is 245 g/mol. The first-order valence-electron chi connectivity index (χ1n) is 4.90. The van der Waals surface area contributed by atoms with Gasteiger partial charge in [-0.05, 0) is 36.7 Å². The molecule has 0 aliphatic rings. The van der Waals surface area contributed by atoms with Crippen molar-refractivity contribution >= 4 is 23.2 Å². The highest BCUT2D eigenvalue weighted by Crippen LogP contribution is 2.23. The van der Waals surface area contributed by atoms with E-state index in [1.54, 1.807) is 29.1 Å². The molecule has 0 atom stereocenters. The lowest BCUT2D eigenvalue weighted by Crippen LogP contribution is -2.01. The highest BCUT2D eigenvalue weighted by atomic mass is 35.5. The first-order valence-corrected chi connectivity index (χ1v) is 5.65. The highest BCUT2D eigenvalue weighted by molar-refractivity contribution is 6.34. The summed E-state index contributed by atoms with van der Waals surface area (Å²) in [7, 11) is 0. The zero-order valence-electron chi connectivity index (χ0n) is 8.53. The summed E-state index contributed by atoms with van der Waals surface area (Å²) in [5, 5.41) is 5.48. The van der Waals surface area contributed by atoms with E-state index in [0.717, 1.165) is 17.7 Å². The molecule has 0 radical (unpaired) electrons. The smallest absolute Gasteiger partial charge is 0.0846 e. The molecule has 0 spiro atoms. The van der Waals surface area contributed by atoms with Crippen molar-refractivity contribution in [3.8, 4) is 5.69 Å². The van der Waals surface area contributed by atoms with Crippen LogP contribution in [-0.4, -0.2) is 16.3 Å². The van der Waals surface area contributed by atoms with E-state index in [-0.39, 0.29) is 0 Å². The van der Waals surface area contributed by atoms with E-state index in [1.807, 2.05) is 6.20 Å². The SMILES string of the molecule is NCCc1cnn(-c2cc(Cl)ccc2Cl)c1. The molecule has 2 N–H and O–H groups in total. The summed E-state index contributed by atoms with van der Waals surface area (Å²) in [6, 6.07) is 5.28. The largest absolute Gasteiger partial charge is 0.330 e. The Labute approximate surface area is 104 Å². The summed E-state index contributed by atoms with van der Waals surface area (Å²) in [4.78, 5) is 0. The fourth-order valence-corrected chi connectivity index (χ4v) is 1.82. The van der Waals surface area contributed by atoms with Crippen molar-refractivity contribution in [1.82, 2.24) is 9.78 Å². The standard InChI is InChI=1S/C11H11Cl2N3/c12-9-1-2-10(13)11(5-9)16-7-8(3-4-14)6-15-16/h1-2,5-7H,3-4,14H2. The minimum atomic E-state index is 0.606. The zero-order valence-corrected chi connectivity index (χ0v) is 10.0. The molecule has 0 bridgehead atoms. The number of hydrogen-bond donors (Lipinski definition) is 1. The number of aromatic nitrogens is 2. The lowest BCUT2D eigenvalue weighted by atomic mass is 10.2. The van der Waals surface area contributed by atoms with E-state index in [0.29, 0.717) is 16.6 Å².